The maximum absolute atomic E-state index is 12.9. The first-order chi connectivity index (χ1) is 12.6. The molecule has 1 aromatic heterocycles. The largest absolute Gasteiger partial charge is 0.364 e. The molecule has 2 aromatic carbocycles. The van der Waals surface area contributed by atoms with E-state index in [0.29, 0.717) is 17.0 Å². The van der Waals surface area contributed by atoms with Gasteiger partial charge in [-0.15, -0.1) is 12.4 Å². The highest BCUT2D eigenvalue weighted by atomic mass is 35.5. The van der Waals surface area contributed by atoms with Gasteiger partial charge in [0.2, 0.25) is 9.84 Å². The fourth-order valence-electron chi connectivity index (χ4n) is 4.09. The topological polar surface area (TPSA) is 62.3 Å². The zero-order valence-electron chi connectivity index (χ0n) is 14.6. The molecule has 7 heteroatoms. The maximum Gasteiger partial charge on any atom is 0.208 e. The molecule has 2 aliphatic heterocycles. The first-order valence-corrected chi connectivity index (χ1v) is 10.3. The van der Waals surface area contributed by atoms with Gasteiger partial charge in [-0.05, 0) is 30.7 Å². The van der Waals surface area contributed by atoms with Crippen molar-refractivity contribution in [2.75, 3.05) is 18.0 Å². The van der Waals surface area contributed by atoms with Gasteiger partial charge >= 0.3 is 0 Å². The maximum atomic E-state index is 12.9. The Balaban J connectivity index is 0.00000180. The van der Waals surface area contributed by atoms with Gasteiger partial charge in [0, 0.05) is 36.8 Å². The Morgan fingerprint density at radius 1 is 1.04 bits per heavy atom. The fraction of sp³-hybridized carbons (Fsp3) is 0.250. The molecular formula is C20H20ClN3O2S. The van der Waals surface area contributed by atoms with Crippen molar-refractivity contribution < 1.29 is 8.42 Å². The zero-order valence-corrected chi connectivity index (χ0v) is 16.2. The summed E-state index contributed by atoms with van der Waals surface area (Å²) >= 11 is 0. The quantitative estimate of drug-likeness (QED) is 0.730. The minimum absolute atomic E-state index is 0. The molecule has 0 amide bonds. The number of sulfone groups is 1. The van der Waals surface area contributed by atoms with Crippen LogP contribution in [0, 0.1) is 0 Å². The van der Waals surface area contributed by atoms with Gasteiger partial charge in [-0.25, -0.2) is 8.42 Å². The number of nitrogens with zero attached hydrogens (tertiary/aromatic N) is 2. The van der Waals surface area contributed by atoms with Gasteiger partial charge in [0.1, 0.15) is 0 Å². The Morgan fingerprint density at radius 2 is 1.85 bits per heavy atom. The lowest BCUT2D eigenvalue weighted by Gasteiger charge is -2.30. The molecule has 0 saturated carbocycles. The molecule has 2 bridgehead atoms. The van der Waals surface area contributed by atoms with E-state index in [4.69, 9.17) is 0 Å². The zero-order chi connectivity index (χ0) is 17.7. The molecule has 5 nitrogen and oxygen atoms in total. The highest BCUT2D eigenvalue weighted by Gasteiger charge is 2.38. The number of aromatic nitrogens is 1. The van der Waals surface area contributed by atoms with E-state index in [0.717, 1.165) is 36.1 Å². The minimum Gasteiger partial charge on any atom is -0.364 e. The predicted molar refractivity (Wildman–Crippen MR) is 108 cm³/mol. The van der Waals surface area contributed by atoms with E-state index in [2.05, 4.69) is 21.3 Å². The summed E-state index contributed by atoms with van der Waals surface area (Å²) in [4.78, 5) is 7.49. The normalized spacial score (nSPS) is 21.4. The van der Waals surface area contributed by atoms with Gasteiger partial charge in [0.25, 0.3) is 0 Å². The Morgan fingerprint density at radius 3 is 2.56 bits per heavy atom. The molecule has 0 aliphatic carbocycles. The number of nitrogens with one attached hydrogen (secondary N) is 1. The van der Waals surface area contributed by atoms with Gasteiger partial charge in [-0.1, -0.05) is 30.3 Å². The molecule has 2 atom stereocenters. The summed E-state index contributed by atoms with van der Waals surface area (Å²) in [6.07, 6.45) is 2.65. The molecule has 140 valence electrons. The second-order valence-corrected chi connectivity index (χ2v) is 8.93. The summed E-state index contributed by atoms with van der Waals surface area (Å²) in [5.74, 6) is 0. The molecule has 0 radical (unpaired) electrons. The van der Waals surface area contributed by atoms with Crippen LogP contribution in [0.15, 0.2) is 70.6 Å². The number of para-hydroxylation sites is 1. The van der Waals surface area contributed by atoms with Crippen molar-refractivity contribution in [1.82, 2.24) is 10.3 Å². The van der Waals surface area contributed by atoms with Crippen molar-refractivity contribution in [3.05, 3.63) is 60.8 Å². The lowest BCUT2D eigenvalue weighted by atomic mass is 10.1. The number of halogens is 1. The van der Waals surface area contributed by atoms with Crippen LogP contribution < -0.4 is 10.2 Å². The van der Waals surface area contributed by atoms with Crippen LogP contribution in [-0.4, -0.2) is 38.6 Å². The van der Waals surface area contributed by atoms with Crippen molar-refractivity contribution in [2.24, 2.45) is 0 Å². The Hall–Kier alpha value is -2.15. The third-order valence-corrected chi connectivity index (χ3v) is 7.13. The SMILES string of the molecule is Cl.O=S(=O)(c1ccccc1)c1cnc2c(N3C[C@@H]4C[C@H]3CN4)cccc2c1. The average molecular weight is 402 g/mol. The number of fused-ring (bicyclic) bond motifs is 3. The molecule has 1 N–H and O–H groups in total. The van der Waals surface area contributed by atoms with Crippen LogP contribution >= 0.6 is 12.4 Å². The number of hydrogen-bond acceptors (Lipinski definition) is 5. The molecule has 0 unspecified atom stereocenters. The summed E-state index contributed by atoms with van der Waals surface area (Å²) < 4.78 is 25.7. The summed E-state index contributed by atoms with van der Waals surface area (Å²) in [6, 6.07) is 17.3. The molecule has 2 saturated heterocycles. The third kappa shape index (κ3) is 2.98. The molecule has 3 aromatic rings. The van der Waals surface area contributed by atoms with Crippen LogP contribution in [0.5, 0.6) is 0 Å². The highest BCUT2D eigenvalue weighted by Crippen LogP contribution is 2.34. The summed E-state index contributed by atoms with van der Waals surface area (Å²) in [5, 5.41) is 4.37. The van der Waals surface area contributed by atoms with Gasteiger partial charge in [0.05, 0.1) is 21.0 Å². The van der Waals surface area contributed by atoms with Gasteiger partial charge in [-0.2, -0.15) is 0 Å². The number of hydrogen-bond donors (Lipinski definition) is 1. The Labute approximate surface area is 164 Å². The average Bonchev–Trinajstić information content (AvgIpc) is 3.31. The molecule has 0 spiro atoms. The van der Waals surface area contributed by atoms with Crippen molar-refractivity contribution in [3.63, 3.8) is 0 Å². The molecule has 2 fully saturated rings. The summed E-state index contributed by atoms with van der Waals surface area (Å²) in [6.45, 7) is 1.98. The first-order valence-electron chi connectivity index (χ1n) is 8.82. The van der Waals surface area contributed by atoms with Crippen molar-refractivity contribution in [2.45, 2.75) is 28.3 Å². The molecule has 3 heterocycles. The number of anilines is 1. The monoisotopic (exact) mass is 401 g/mol. The van der Waals surface area contributed by atoms with Crippen LogP contribution in [0.4, 0.5) is 5.69 Å². The number of piperazine rings is 1. The second-order valence-electron chi connectivity index (χ2n) is 6.98. The third-order valence-electron chi connectivity index (χ3n) is 5.39. The predicted octanol–water partition coefficient (Wildman–Crippen LogP) is 3.04. The molecule has 27 heavy (non-hydrogen) atoms. The van der Waals surface area contributed by atoms with Crippen molar-refractivity contribution in [1.29, 1.82) is 0 Å². The highest BCUT2D eigenvalue weighted by molar-refractivity contribution is 7.91. The minimum atomic E-state index is -3.56. The van der Waals surface area contributed by atoms with E-state index >= 15 is 0 Å². The van der Waals surface area contributed by atoms with Gasteiger partial charge in [-0.3, -0.25) is 4.98 Å². The van der Waals surface area contributed by atoms with E-state index in [1.54, 1.807) is 30.3 Å². The smallest absolute Gasteiger partial charge is 0.208 e. The molecule has 5 rings (SSSR count). The van der Waals surface area contributed by atoms with Crippen LogP contribution in [0.25, 0.3) is 10.9 Å². The summed E-state index contributed by atoms with van der Waals surface area (Å²) in [5.41, 5.74) is 1.97. The second kappa shape index (κ2) is 6.78. The molecular weight excluding hydrogens is 382 g/mol. The van der Waals surface area contributed by atoms with Crippen LogP contribution in [-0.2, 0) is 9.84 Å². The molecule has 2 aliphatic rings. The van der Waals surface area contributed by atoms with Crippen LogP contribution in [0.1, 0.15) is 6.42 Å². The van der Waals surface area contributed by atoms with Crippen molar-refractivity contribution >= 4 is 38.8 Å². The van der Waals surface area contributed by atoms with Crippen LogP contribution in [0.3, 0.4) is 0 Å². The number of pyridine rings is 1. The fourth-order valence-corrected chi connectivity index (χ4v) is 5.36. The van der Waals surface area contributed by atoms with Gasteiger partial charge < -0.3 is 10.2 Å². The lowest BCUT2D eigenvalue weighted by molar-refractivity contribution is 0.581. The first kappa shape index (κ1) is 18.2. The van der Waals surface area contributed by atoms with Crippen molar-refractivity contribution in [3.8, 4) is 0 Å². The number of benzene rings is 2. The van der Waals surface area contributed by atoms with E-state index in [9.17, 15) is 8.42 Å². The van der Waals surface area contributed by atoms with E-state index in [1.807, 2.05) is 18.2 Å². The summed E-state index contributed by atoms with van der Waals surface area (Å²) in [7, 11) is -3.56. The van der Waals surface area contributed by atoms with E-state index in [1.165, 1.54) is 6.20 Å². The van der Waals surface area contributed by atoms with Gasteiger partial charge in [0.15, 0.2) is 0 Å². The lowest BCUT2D eigenvalue weighted by Crippen LogP contribution is -2.43. The van der Waals surface area contributed by atoms with E-state index < -0.39 is 9.84 Å². The van der Waals surface area contributed by atoms with Crippen LogP contribution in [0.2, 0.25) is 0 Å². The van der Waals surface area contributed by atoms with E-state index in [-0.39, 0.29) is 17.3 Å². The Bertz CT molecular complexity index is 1090. The standard InChI is InChI=1S/C20H19N3O2S.ClH/c24-26(25,17-6-2-1-3-7-17)18-9-14-5-4-8-19(20(14)22-12-18)23-13-15-10-16(23)11-21-15;/h1-9,12,15-16,21H,10-11,13H2;1H/t15-,16-;/m0./s1. The number of rotatable bonds is 3. The Kier molecular flexibility index (Phi) is 4.58.